The zero-order chi connectivity index (χ0) is 14.8. The molecule has 1 aromatic heterocycles. The van der Waals surface area contributed by atoms with Crippen LogP contribution >= 0.6 is 23.2 Å². The Labute approximate surface area is 134 Å². The average Bonchev–Trinajstić information content (AvgIpc) is 3.32. The molecule has 0 atom stereocenters. The maximum atomic E-state index is 12.8. The smallest absolute Gasteiger partial charge is 0.257 e. The summed E-state index contributed by atoms with van der Waals surface area (Å²) >= 11 is 11.9. The number of aromatic nitrogens is 2. The first kappa shape index (κ1) is 15.0. The van der Waals surface area contributed by atoms with E-state index in [1.807, 2.05) is 4.90 Å². The van der Waals surface area contributed by atoms with E-state index >= 15 is 0 Å². The molecule has 6 heteroatoms. The molecular weight excluding hydrogens is 309 g/mol. The first-order valence-corrected chi connectivity index (χ1v) is 8.40. The van der Waals surface area contributed by atoms with Crippen molar-refractivity contribution < 1.29 is 4.79 Å². The highest BCUT2D eigenvalue weighted by Crippen LogP contribution is 2.33. The molecule has 1 amide bonds. The Bertz CT molecular complexity index is 528. The number of hydrogen-bond donors (Lipinski definition) is 0. The predicted molar refractivity (Wildman–Crippen MR) is 82.7 cm³/mol. The van der Waals surface area contributed by atoms with Crippen LogP contribution in [0.2, 0.25) is 10.3 Å². The summed E-state index contributed by atoms with van der Waals surface area (Å²) in [4.78, 5) is 14.8. The third-order valence-electron chi connectivity index (χ3n) is 4.38. The molecule has 0 spiro atoms. The minimum absolute atomic E-state index is 0.0510. The molecule has 1 heterocycles. The van der Waals surface area contributed by atoms with Crippen molar-refractivity contribution in [1.29, 1.82) is 0 Å². The monoisotopic (exact) mass is 327 g/mol. The molecule has 0 saturated heterocycles. The lowest BCUT2D eigenvalue weighted by atomic mass is 9.89. The van der Waals surface area contributed by atoms with E-state index in [1.165, 1.54) is 38.2 Å². The van der Waals surface area contributed by atoms with Crippen LogP contribution in [-0.2, 0) is 0 Å². The largest absolute Gasteiger partial charge is 0.335 e. The number of carbonyl (C=O) groups excluding carboxylic acids is 1. The van der Waals surface area contributed by atoms with E-state index in [0.717, 1.165) is 19.4 Å². The molecule has 1 aromatic rings. The van der Waals surface area contributed by atoms with Crippen LogP contribution in [0.15, 0.2) is 6.07 Å². The number of amides is 1. The van der Waals surface area contributed by atoms with Crippen molar-refractivity contribution in [3.8, 4) is 0 Å². The first-order chi connectivity index (χ1) is 10.1. The molecule has 0 aliphatic heterocycles. The molecule has 0 bridgehead atoms. The van der Waals surface area contributed by atoms with Crippen LogP contribution < -0.4 is 0 Å². The molecule has 21 heavy (non-hydrogen) atoms. The molecule has 0 N–H and O–H groups in total. The highest BCUT2D eigenvalue weighted by atomic mass is 35.5. The van der Waals surface area contributed by atoms with Crippen LogP contribution in [0.3, 0.4) is 0 Å². The summed E-state index contributed by atoms with van der Waals surface area (Å²) in [6, 6.07) is 1.89. The number of halogens is 2. The fourth-order valence-electron chi connectivity index (χ4n) is 3.09. The van der Waals surface area contributed by atoms with E-state index in [4.69, 9.17) is 23.2 Å². The van der Waals surface area contributed by atoms with Gasteiger partial charge in [0.05, 0.1) is 5.56 Å². The van der Waals surface area contributed by atoms with E-state index < -0.39 is 0 Å². The van der Waals surface area contributed by atoms with E-state index in [9.17, 15) is 4.79 Å². The molecule has 3 rings (SSSR count). The van der Waals surface area contributed by atoms with Gasteiger partial charge in [-0.2, -0.15) is 0 Å². The molecule has 2 aliphatic carbocycles. The summed E-state index contributed by atoms with van der Waals surface area (Å²) in [5, 5.41) is 7.76. The van der Waals surface area contributed by atoms with Crippen LogP contribution in [0.4, 0.5) is 0 Å². The van der Waals surface area contributed by atoms with Gasteiger partial charge in [-0.3, -0.25) is 4.79 Å². The van der Waals surface area contributed by atoms with Crippen LogP contribution in [0, 0.1) is 5.92 Å². The van der Waals surface area contributed by atoms with Crippen LogP contribution in [0.5, 0.6) is 0 Å². The van der Waals surface area contributed by atoms with E-state index in [1.54, 1.807) is 0 Å². The van der Waals surface area contributed by atoms with Crippen molar-refractivity contribution in [2.45, 2.75) is 51.0 Å². The highest BCUT2D eigenvalue weighted by molar-refractivity contribution is 6.34. The van der Waals surface area contributed by atoms with Crippen LogP contribution in [0.1, 0.15) is 55.3 Å². The minimum atomic E-state index is -0.0510. The van der Waals surface area contributed by atoms with Crippen molar-refractivity contribution >= 4 is 29.1 Å². The molecule has 2 saturated carbocycles. The maximum absolute atomic E-state index is 12.8. The zero-order valence-corrected chi connectivity index (χ0v) is 13.4. The number of nitrogens with zero attached hydrogens (tertiary/aromatic N) is 3. The second kappa shape index (κ2) is 6.49. The normalized spacial score (nSPS) is 19.5. The van der Waals surface area contributed by atoms with Gasteiger partial charge in [0.25, 0.3) is 5.91 Å². The lowest BCUT2D eigenvalue weighted by molar-refractivity contribution is 0.0698. The molecule has 2 aliphatic rings. The van der Waals surface area contributed by atoms with E-state index in [-0.39, 0.29) is 16.2 Å². The Balaban J connectivity index is 1.76. The van der Waals surface area contributed by atoms with Crippen molar-refractivity contribution in [3.63, 3.8) is 0 Å². The third-order valence-corrected chi connectivity index (χ3v) is 4.84. The molecule has 0 radical (unpaired) electrons. The van der Waals surface area contributed by atoms with Crippen molar-refractivity contribution in [1.82, 2.24) is 15.1 Å². The first-order valence-electron chi connectivity index (χ1n) is 7.65. The lowest BCUT2D eigenvalue weighted by Crippen LogP contribution is -2.38. The summed E-state index contributed by atoms with van der Waals surface area (Å²) in [6.45, 7) is 0.833. The zero-order valence-electron chi connectivity index (χ0n) is 11.9. The Morgan fingerprint density at radius 3 is 2.52 bits per heavy atom. The van der Waals surface area contributed by atoms with Crippen molar-refractivity contribution in [3.05, 3.63) is 21.9 Å². The van der Waals surface area contributed by atoms with E-state index in [2.05, 4.69) is 10.2 Å². The Morgan fingerprint density at radius 1 is 1.14 bits per heavy atom. The fraction of sp³-hybridized carbons (Fsp3) is 0.667. The second-order valence-corrected chi connectivity index (χ2v) is 6.81. The Hall–Kier alpha value is -0.870. The molecule has 2 fully saturated rings. The number of carbonyl (C=O) groups is 1. The summed E-state index contributed by atoms with van der Waals surface area (Å²) in [5.41, 5.74) is 0.374. The van der Waals surface area contributed by atoms with Gasteiger partial charge in [-0.25, -0.2) is 0 Å². The molecule has 0 unspecified atom stereocenters. The minimum Gasteiger partial charge on any atom is -0.335 e. The number of rotatable bonds is 4. The average molecular weight is 328 g/mol. The van der Waals surface area contributed by atoms with Crippen LogP contribution in [0.25, 0.3) is 0 Å². The summed E-state index contributed by atoms with van der Waals surface area (Å²) in [7, 11) is 0. The van der Waals surface area contributed by atoms with Gasteiger partial charge in [-0.1, -0.05) is 42.5 Å². The van der Waals surface area contributed by atoms with Crippen molar-refractivity contribution in [2.75, 3.05) is 6.54 Å². The molecule has 4 nitrogen and oxygen atoms in total. The van der Waals surface area contributed by atoms with Gasteiger partial charge in [0, 0.05) is 12.6 Å². The van der Waals surface area contributed by atoms with Gasteiger partial charge in [-0.05, 0) is 37.7 Å². The standard InChI is InChI=1S/C15H19Cl2N3O/c16-13-8-12(14(17)19-18-13)15(21)20(11-6-7-11)9-10-4-2-1-3-5-10/h8,10-11H,1-7,9H2. The maximum Gasteiger partial charge on any atom is 0.257 e. The van der Waals surface area contributed by atoms with Gasteiger partial charge in [0.15, 0.2) is 10.3 Å². The van der Waals surface area contributed by atoms with E-state index in [0.29, 0.717) is 17.5 Å². The third kappa shape index (κ3) is 3.67. The SMILES string of the molecule is O=C(c1cc(Cl)nnc1Cl)N(CC1CCCCC1)C1CC1. The van der Waals surface area contributed by atoms with Crippen molar-refractivity contribution in [2.24, 2.45) is 5.92 Å². The summed E-state index contributed by atoms with van der Waals surface area (Å²) < 4.78 is 0. The van der Waals surface area contributed by atoms with Gasteiger partial charge in [0.2, 0.25) is 0 Å². The molecule has 0 aromatic carbocycles. The van der Waals surface area contributed by atoms with Gasteiger partial charge < -0.3 is 4.90 Å². The lowest BCUT2D eigenvalue weighted by Gasteiger charge is -2.30. The van der Waals surface area contributed by atoms with Gasteiger partial charge in [0.1, 0.15) is 0 Å². The van der Waals surface area contributed by atoms with Gasteiger partial charge in [-0.15, -0.1) is 10.2 Å². The Morgan fingerprint density at radius 2 is 1.86 bits per heavy atom. The molecule has 114 valence electrons. The predicted octanol–water partition coefficient (Wildman–Crippen LogP) is 3.97. The highest BCUT2D eigenvalue weighted by Gasteiger charge is 2.35. The Kier molecular flexibility index (Phi) is 4.65. The fourth-order valence-corrected chi connectivity index (χ4v) is 3.41. The second-order valence-electron chi connectivity index (χ2n) is 6.06. The van der Waals surface area contributed by atoms with Gasteiger partial charge >= 0.3 is 0 Å². The summed E-state index contributed by atoms with van der Waals surface area (Å²) in [6.07, 6.45) is 8.49. The quantitative estimate of drug-likeness (QED) is 0.840. The topological polar surface area (TPSA) is 46.1 Å². The molecular formula is C15H19Cl2N3O. The summed E-state index contributed by atoms with van der Waals surface area (Å²) in [5.74, 6) is 0.567. The van der Waals surface area contributed by atoms with Crippen LogP contribution in [-0.4, -0.2) is 33.6 Å². The number of hydrogen-bond acceptors (Lipinski definition) is 3.